The first-order valence-electron chi connectivity index (χ1n) is 10.6. The highest BCUT2D eigenvalue weighted by atomic mass is 35.5. The van der Waals surface area contributed by atoms with Crippen molar-refractivity contribution in [2.45, 2.75) is 44.4 Å². The van der Waals surface area contributed by atoms with E-state index in [4.69, 9.17) is 11.6 Å². The van der Waals surface area contributed by atoms with E-state index in [0.29, 0.717) is 30.6 Å². The van der Waals surface area contributed by atoms with Crippen molar-refractivity contribution in [3.05, 3.63) is 46.9 Å². The van der Waals surface area contributed by atoms with Gasteiger partial charge in [0.05, 0.1) is 11.3 Å². The number of nitrogens with zero attached hydrogens (tertiary/aromatic N) is 4. The van der Waals surface area contributed by atoms with Gasteiger partial charge >= 0.3 is 0 Å². The fourth-order valence-corrected chi connectivity index (χ4v) is 4.31. The third-order valence-electron chi connectivity index (χ3n) is 5.33. The molecular weight excluding hydrogens is 453 g/mol. The van der Waals surface area contributed by atoms with Gasteiger partial charge in [-0.05, 0) is 32.4 Å². The second-order valence-electron chi connectivity index (χ2n) is 7.77. The minimum Gasteiger partial charge on any atom is -0.353 e. The summed E-state index contributed by atoms with van der Waals surface area (Å²) in [6.07, 6.45) is 0.859. The van der Waals surface area contributed by atoms with Gasteiger partial charge in [-0.2, -0.15) is 0 Å². The van der Waals surface area contributed by atoms with E-state index in [1.165, 1.54) is 23.9 Å². The first-order valence-corrected chi connectivity index (χ1v) is 11.9. The molecule has 1 fully saturated rings. The monoisotopic (exact) mass is 479 g/mol. The molecule has 1 saturated heterocycles. The van der Waals surface area contributed by atoms with E-state index in [-0.39, 0.29) is 40.4 Å². The van der Waals surface area contributed by atoms with Crippen LogP contribution in [-0.2, 0) is 4.79 Å². The number of thioether (sulfide) groups is 1. The number of benzene rings is 1. The topological polar surface area (TPSA) is 78.4 Å². The van der Waals surface area contributed by atoms with E-state index in [2.05, 4.69) is 15.3 Å². The maximum atomic E-state index is 14.1. The molecule has 2 heterocycles. The highest BCUT2D eigenvalue weighted by Crippen LogP contribution is 2.25. The van der Waals surface area contributed by atoms with E-state index >= 15 is 0 Å². The maximum Gasteiger partial charge on any atom is 0.257 e. The Kier molecular flexibility index (Phi) is 8.31. The van der Waals surface area contributed by atoms with Crippen LogP contribution in [0.25, 0.3) is 0 Å². The molecule has 1 N–H and O–H groups in total. The average molecular weight is 480 g/mol. The molecule has 7 nitrogen and oxygen atoms in total. The standard InChI is InChI=1S/C22H27ClFN5O2S/c1-4-14(2)25-20(30)13-32-22-26-18(23)11-19(27-22)28-9-10-29(15(3)12-28)21(31)16-7-5-6-8-17(16)24/h5-8,11,14-15H,4,9-10,12-13H2,1-3H3,(H,25,30). The highest BCUT2D eigenvalue weighted by molar-refractivity contribution is 7.99. The number of rotatable bonds is 7. The number of anilines is 1. The number of amides is 2. The molecule has 172 valence electrons. The van der Waals surface area contributed by atoms with Crippen molar-refractivity contribution < 1.29 is 14.0 Å². The number of aromatic nitrogens is 2. The average Bonchev–Trinajstić information content (AvgIpc) is 2.77. The Bertz CT molecular complexity index is 979. The molecule has 0 saturated carbocycles. The largest absolute Gasteiger partial charge is 0.353 e. The van der Waals surface area contributed by atoms with Crippen molar-refractivity contribution in [1.29, 1.82) is 0 Å². The first-order chi connectivity index (χ1) is 15.3. The van der Waals surface area contributed by atoms with E-state index in [0.717, 1.165) is 6.42 Å². The fourth-order valence-electron chi connectivity index (χ4n) is 3.42. The molecule has 1 aliphatic heterocycles. The lowest BCUT2D eigenvalue weighted by molar-refractivity contribution is -0.119. The zero-order valence-corrected chi connectivity index (χ0v) is 19.9. The quantitative estimate of drug-likeness (QED) is 0.371. The Morgan fingerprint density at radius 2 is 2.06 bits per heavy atom. The molecule has 1 aliphatic rings. The Morgan fingerprint density at radius 3 is 2.75 bits per heavy atom. The van der Waals surface area contributed by atoms with Crippen LogP contribution < -0.4 is 10.2 Å². The van der Waals surface area contributed by atoms with Crippen LogP contribution >= 0.6 is 23.4 Å². The van der Waals surface area contributed by atoms with Crippen LogP contribution in [0.4, 0.5) is 10.2 Å². The van der Waals surface area contributed by atoms with Gasteiger partial charge in [0.15, 0.2) is 5.16 Å². The van der Waals surface area contributed by atoms with E-state index < -0.39 is 5.82 Å². The second-order valence-corrected chi connectivity index (χ2v) is 9.10. The molecule has 0 bridgehead atoms. The van der Waals surface area contributed by atoms with Crippen LogP contribution in [-0.4, -0.2) is 64.2 Å². The molecule has 0 radical (unpaired) electrons. The molecule has 3 rings (SSSR count). The summed E-state index contributed by atoms with van der Waals surface area (Å²) in [5.74, 6) is -0.0813. The summed E-state index contributed by atoms with van der Waals surface area (Å²) in [6.45, 7) is 7.35. The highest BCUT2D eigenvalue weighted by Gasteiger charge is 2.30. The molecule has 2 atom stereocenters. The predicted molar refractivity (Wildman–Crippen MR) is 125 cm³/mol. The van der Waals surface area contributed by atoms with E-state index in [1.54, 1.807) is 23.1 Å². The smallest absolute Gasteiger partial charge is 0.257 e. The molecule has 0 aliphatic carbocycles. The Labute approximate surface area is 196 Å². The number of piperazine rings is 1. The molecule has 0 spiro atoms. The molecule has 32 heavy (non-hydrogen) atoms. The Hall–Kier alpha value is -2.39. The summed E-state index contributed by atoms with van der Waals surface area (Å²) < 4.78 is 14.1. The summed E-state index contributed by atoms with van der Waals surface area (Å²) >= 11 is 7.43. The predicted octanol–water partition coefficient (Wildman–Crippen LogP) is 3.63. The second kappa shape index (κ2) is 11.0. The SMILES string of the molecule is CCC(C)NC(=O)CSc1nc(Cl)cc(N2CCN(C(=O)c3ccccc3F)C(C)C2)n1. The van der Waals surface area contributed by atoms with Gasteiger partial charge < -0.3 is 15.1 Å². The zero-order valence-electron chi connectivity index (χ0n) is 18.3. The van der Waals surface area contributed by atoms with Crippen LogP contribution in [0.15, 0.2) is 35.5 Å². The Balaban J connectivity index is 1.65. The van der Waals surface area contributed by atoms with Gasteiger partial charge in [-0.3, -0.25) is 9.59 Å². The van der Waals surface area contributed by atoms with Crippen LogP contribution in [0.2, 0.25) is 5.15 Å². The van der Waals surface area contributed by atoms with Crippen molar-refractivity contribution in [1.82, 2.24) is 20.2 Å². The van der Waals surface area contributed by atoms with Gasteiger partial charge in [-0.25, -0.2) is 14.4 Å². The molecule has 2 unspecified atom stereocenters. The third kappa shape index (κ3) is 6.10. The third-order valence-corrected chi connectivity index (χ3v) is 6.37. The number of carbonyl (C=O) groups excluding carboxylic acids is 2. The van der Waals surface area contributed by atoms with E-state index in [9.17, 15) is 14.0 Å². The first kappa shape index (κ1) is 24.3. The lowest BCUT2D eigenvalue weighted by atomic mass is 10.1. The van der Waals surface area contributed by atoms with Crippen molar-refractivity contribution in [3.63, 3.8) is 0 Å². The van der Waals surface area contributed by atoms with Crippen LogP contribution in [0, 0.1) is 5.82 Å². The van der Waals surface area contributed by atoms with Gasteiger partial charge in [-0.15, -0.1) is 0 Å². The van der Waals surface area contributed by atoms with E-state index in [1.807, 2.05) is 25.7 Å². The van der Waals surface area contributed by atoms with Gasteiger partial charge in [0, 0.05) is 37.8 Å². The van der Waals surface area contributed by atoms with Crippen LogP contribution in [0.3, 0.4) is 0 Å². The molecule has 2 amide bonds. The molecule has 10 heteroatoms. The van der Waals surface area contributed by atoms with Gasteiger partial charge in [0.1, 0.15) is 16.8 Å². The van der Waals surface area contributed by atoms with Crippen LogP contribution in [0.1, 0.15) is 37.6 Å². The van der Waals surface area contributed by atoms with Gasteiger partial charge in [-0.1, -0.05) is 42.4 Å². The molecule has 2 aromatic rings. The minimum absolute atomic E-state index is 0.0761. The lowest BCUT2D eigenvalue weighted by Gasteiger charge is -2.40. The molecule has 1 aromatic carbocycles. The maximum absolute atomic E-state index is 14.1. The number of carbonyl (C=O) groups is 2. The zero-order chi connectivity index (χ0) is 23.3. The summed E-state index contributed by atoms with van der Waals surface area (Å²) in [6, 6.07) is 7.65. The lowest BCUT2D eigenvalue weighted by Crippen LogP contribution is -2.54. The summed E-state index contributed by atoms with van der Waals surface area (Å²) in [5, 5.41) is 3.62. The number of hydrogen-bond acceptors (Lipinski definition) is 6. The molecular formula is C22H27ClFN5O2S. The fraction of sp³-hybridized carbons (Fsp3) is 0.455. The van der Waals surface area contributed by atoms with Crippen molar-refractivity contribution in [2.75, 3.05) is 30.3 Å². The van der Waals surface area contributed by atoms with Gasteiger partial charge in [0.2, 0.25) is 5.91 Å². The Morgan fingerprint density at radius 1 is 1.31 bits per heavy atom. The summed E-state index contributed by atoms with van der Waals surface area (Å²) in [7, 11) is 0. The normalized spacial score (nSPS) is 17.2. The minimum atomic E-state index is -0.520. The molecule has 1 aromatic heterocycles. The van der Waals surface area contributed by atoms with Crippen molar-refractivity contribution in [2.24, 2.45) is 0 Å². The van der Waals surface area contributed by atoms with Crippen LogP contribution in [0.5, 0.6) is 0 Å². The van der Waals surface area contributed by atoms with Crippen molar-refractivity contribution in [3.8, 4) is 0 Å². The summed E-state index contributed by atoms with van der Waals surface area (Å²) in [4.78, 5) is 37.3. The number of nitrogens with one attached hydrogen (secondary N) is 1. The number of halogens is 2. The number of hydrogen-bond donors (Lipinski definition) is 1. The van der Waals surface area contributed by atoms with Crippen molar-refractivity contribution >= 4 is 41.0 Å². The summed E-state index contributed by atoms with van der Waals surface area (Å²) in [5.41, 5.74) is 0.0761. The van der Waals surface area contributed by atoms with Gasteiger partial charge in [0.25, 0.3) is 5.91 Å².